The van der Waals surface area contributed by atoms with Crippen LogP contribution < -0.4 is 0 Å². The Labute approximate surface area is 34.8 Å². The highest BCUT2D eigenvalue weighted by molar-refractivity contribution is 5.21. The average Bonchev–Trinajstić information content (AvgIpc) is 1.61. The molecule has 34 valence electrons. The molecule has 0 aliphatic heterocycles. The summed E-state index contributed by atoms with van der Waals surface area (Å²) in [6.07, 6.45) is 0. The van der Waals surface area contributed by atoms with E-state index in [0.717, 1.165) is 0 Å². The van der Waals surface area contributed by atoms with Crippen LogP contribution in [-0.2, 0) is 4.84 Å². The first-order valence-corrected chi connectivity index (χ1v) is 1.29. The summed E-state index contributed by atoms with van der Waals surface area (Å²) in [7, 11) is 0. The summed E-state index contributed by atoms with van der Waals surface area (Å²) in [5, 5.41) is 5.20. The topological polar surface area (TPSA) is 51.0 Å². The maximum Gasteiger partial charge on any atom is 0.247 e. The molecule has 0 aliphatic carbocycles. The molecule has 0 saturated carbocycles. The molecule has 0 bridgehead atoms. The van der Waals surface area contributed by atoms with Gasteiger partial charge in [0.05, 0.1) is 0 Å². The fraction of sp³-hybridized carbons (Fsp3) is 0.500. The average molecular weight is 88.1 g/mol. The third-order valence-electron chi connectivity index (χ3n) is 0.202. The molecule has 4 heteroatoms. The van der Waals surface area contributed by atoms with Gasteiger partial charge in [0.25, 0.3) is 0 Å². The molecule has 0 N–H and O–H groups in total. The summed E-state index contributed by atoms with van der Waals surface area (Å²) in [6, 6.07) is 0. The Morgan fingerprint density at radius 2 is 2.50 bits per heavy atom. The largest absolute Gasteiger partial charge is 0.369 e. The van der Waals surface area contributed by atoms with E-state index in [1.54, 1.807) is 0 Å². The zero-order chi connectivity index (χ0) is 4.83. The maximum absolute atomic E-state index is 9.10. The van der Waals surface area contributed by atoms with Crippen molar-refractivity contribution in [2.45, 2.75) is 0 Å². The molecule has 0 aromatic carbocycles. The quantitative estimate of drug-likeness (QED) is 0.216. The summed E-state index contributed by atoms with van der Waals surface area (Å²) in [5.74, 6) is 0. The summed E-state index contributed by atoms with van der Waals surface area (Å²) in [5.41, 5.74) is 0. The SMILES string of the molecule is C=NOCN=O. The predicted octanol–water partition coefficient (Wildman–Crippen LogP) is 0.343. The fourth-order valence-electron chi connectivity index (χ4n) is 0.0644. The lowest BCUT2D eigenvalue weighted by Crippen LogP contribution is -1.75. The fourth-order valence-corrected chi connectivity index (χ4v) is 0.0644. The van der Waals surface area contributed by atoms with Gasteiger partial charge >= 0.3 is 0 Å². The maximum atomic E-state index is 9.10. The van der Waals surface area contributed by atoms with Crippen LogP contribution in [0.4, 0.5) is 0 Å². The van der Waals surface area contributed by atoms with Gasteiger partial charge < -0.3 is 4.84 Å². The number of oxime groups is 1. The summed E-state index contributed by atoms with van der Waals surface area (Å²) in [6.45, 7) is 2.68. The zero-order valence-electron chi connectivity index (χ0n) is 3.13. The molecule has 0 aliphatic rings. The van der Waals surface area contributed by atoms with Crippen molar-refractivity contribution in [2.75, 3.05) is 6.73 Å². The molecule has 4 nitrogen and oxygen atoms in total. The van der Waals surface area contributed by atoms with Crippen molar-refractivity contribution in [3.8, 4) is 0 Å². The molecule has 0 aromatic rings. The molecule has 0 radical (unpaired) electrons. The minimum atomic E-state index is -0.247. The molecule has 0 unspecified atom stereocenters. The van der Waals surface area contributed by atoms with Crippen LogP contribution in [-0.4, -0.2) is 13.4 Å². The molecule has 0 fully saturated rings. The van der Waals surface area contributed by atoms with E-state index in [9.17, 15) is 0 Å². The Morgan fingerprint density at radius 3 is 2.67 bits per heavy atom. The van der Waals surface area contributed by atoms with Gasteiger partial charge in [0.1, 0.15) is 0 Å². The number of nitroso groups, excluding NO2 is 1. The van der Waals surface area contributed by atoms with Gasteiger partial charge in [-0.05, 0) is 5.18 Å². The highest BCUT2D eigenvalue weighted by Crippen LogP contribution is 1.69. The molecule has 0 spiro atoms. The first-order chi connectivity index (χ1) is 2.91. The smallest absolute Gasteiger partial charge is 0.247 e. The second-order valence-corrected chi connectivity index (χ2v) is 0.516. The molecule has 0 rings (SSSR count). The van der Waals surface area contributed by atoms with Crippen LogP contribution in [0.2, 0.25) is 0 Å². The van der Waals surface area contributed by atoms with Crippen molar-refractivity contribution < 1.29 is 4.84 Å². The Bertz CT molecular complexity index is 45.5. The first kappa shape index (κ1) is 5.07. The van der Waals surface area contributed by atoms with Gasteiger partial charge in [-0.2, -0.15) is 0 Å². The standard InChI is InChI=1S/C2H4N2O2/c1-3-6-2-4-5/h1-2H2. The number of hydrogen-bond acceptors (Lipinski definition) is 4. The normalized spacial score (nSPS) is 6.67. The predicted molar refractivity (Wildman–Crippen MR) is 21.3 cm³/mol. The van der Waals surface area contributed by atoms with Gasteiger partial charge in [-0.15, -0.1) is 10.1 Å². The second-order valence-electron chi connectivity index (χ2n) is 0.516. The molecule has 0 atom stereocenters. The second kappa shape index (κ2) is 4.07. The van der Waals surface area contributed by atoms with Crippen LogP contribution >= 0.6 is 0 Å². The Hall–Kier alpha value is -0.930. The number of hydrogen-bond donors (Lipinski definition) is 0. The molecular formula is C2H4N2O2. The lowest BCUT2D eigenvalue weighted by molar-refractivity contribution is 0.155. The first-order valence-electron chi connectivity index (χ1n) is 1.29. The number of rotatable bonds is 3. The Kier molecular flexibility index (Phi) is 3.44. The minimum Gasteiger partial charge on any atom is -0.369 e. The van der Waals surface area contributed by atoms with Gasteiger partial charge in [-0.3, -0.25) is 0 Å². The highest BCUT2D eigenvalue weighted by atomic mass is 16.6. The molecular weight excluding hydrogens is 84.0 g/mol. The van der Waals surface area contributed by atoms with E-state index in [4.69, 9.17) is 4.91 Å². The van der Waals surface area contributed by atoms with Gasteiger partial charge in [0, 0.05) is 6.72 Å². The summed E-state index contributed by atoms with van der Waals surface area (Å²) in [4.78, 5) is 13.1. The van der Waals surface area contributed by atoms with E-state index in [0.29, 0.717) is 0 Å². The van der Waals surface area contributed by atoms with E-state index in [1.807, 2.05) is 0 Å². The van der Waals surface area contributed by atoms with Gasteiger partial charge in [0.2, 0.25) is 6.73 Å². The van der Waals surface area contributed by atoms with Crippen molar-refractivity contribution in [3.05, 3.63) is 4.91 Å². The molecule has 0 saturated heterocycles. The van der Waals surface area contributed by atoms with Crippen molar-refractivity contribution in [3.63, 3.8) is 0 Å². The van der Waals surface area contributed by atoms with Crippen LogP contribution in [0.3, 0.4) is 0 Å². The Balaban J connectivity index is 2.66. The molecule has 6 heavy (non-hydrogen) atoms. The van der Waals surface area contributed by atoms with Crippen LogP contribution in [0, 0.1) is 4.91 Å². The van der Waals surface area contributed by atoms with E-state index in [2.05, 4.69) is 21.9 Å². The van der Waals surface area contributed by atoms with Crippen molar-refractivity contribution in [2.24, 2.45) is 10.3 Å². The van der Waals surface area contributed by atoms with Crippen LogP contribution in [0.25, 0.3) is 0 Å². The van der Waals surface area contributed by atoms with Crippen molar-refractivity contribution in [1.29, 1.82) is 0 Å². The van der Waals surface area contributed by atoms with E-state index in [-0.39, 0.29) is 6.73 Å². The highest BCUT2D eigenvalue weighted by Gasteiger charge is 1.68. The third kappa shape index (κ3) is 3.07. The van der Waals surface area contributed by atoms with Crippen LogP contribution in [0.15, 0.2) is 10.3 Å². The monoisotopic (exact) mass is 88.0 g/mol. The van der Waals surface area contributed by atoms with Gasteiger partial charge in [-0.25, -0.2) is 0 Å². The van der Waals surface area contributed by atoms with Gasteiger partial charge in [0.15, 0.2) is 0 Å². The van der Waals surface area contributed by atoms with Crippen LogP contribution in [0.1, 0.15) is 0 Å². The molecule has 0 heterocycles. The van der Waals surface area contributed by atoms with Gasteiger partial charge in [-0.1, -0.05) is 0 Å². The van der Waals surface area contributed by atoms with E-state index >= 15 is 0 Å². The molecule has 0 aromatic heterocycles. The third-order valence-corrected chi connectivity index (χ3v) is 0.202. The minimum absolute atomic E-state index is 0.247. The summed E-state index contributed by atoms with van der Waals surface area (Å²) < 4.78 is 0. The lowest BCUT2D eigenvalue weighted by atomic mass is 11.4. The number of nitrogens with zero attached hydrogens (tertiary/aromatic N) is 2. The lowest BCUT2D eigenvalue weighted by Gasteiger charge is -1.80. The Morgan fingerprint density at radius 1 is 1.83 bits per heavy atom. The van der Waals surface area contributed by atoms with E-state index < -0.39 is 0 Å². The summed E-state index contributed by atoms with van der Waals surface area (Å²) >= 11 is 0. The molecule has 0 amide bonds. The van der Waals surface area contributed by atoms with Crippen molar-refractivity contribution >= 4 is 6.72 Å². The van der Waals surface area contributed by atoms with Crippen molar-refractivity contribution in [1.82, 2.24) is 0 Å². The van der Waals surface area contributed by atoms with Crippen LogP contribution in [0.5, 0.6) is 0 Å². The zero-order valence-corrected chi connectivity index (χ0v) is 3.13. The van der Waals surface area contributed by atoms with E-state index in [1.165, 1.54) is 0 Å².